The highest BCUT2D eigenvalue weighted by Gasteiger charge is 2.42. The number of methoxy groups -OCH3 is 1. The number of rotatable bonds is 6. The molecule has 1 aromatic carbocycles. The van der Waals surface area contributed by atoms with Crippen molar-refractivity contribution in [2.45, 2.75) is 62.8 Å². The summed E-state index contributed by atoms with van der Waals surface area (Å²) < 4.78 is 5.40. The van der Waals surface area contributed by atoms with Crippen molar-refractivity contribution in [3.05, 3.63) is 29.8 Å². The molecule has 0 radical (unpaired) electrons. The van der Waals surface area contributed by atoms with E-state index >= 15 is 0 Å². The normalized spacial score (nSPS) is 24.0. The van der Waals surface area contributed by atoms with Crippen molar-refractivity contribution in [1.82, 2.24) is 10.2 Å². The summed E-state index contributed by atoms with van der Waals surface area (Å²) in [6.07, 6.45) is 8.22. The summed E-state index contributed by atoms with van der Waals surface area (Å²) in [5.74, 6) is 1.25. The minimum absolute atomic E-state index is 0.0197. The summed E-state index contributed by atoms with van der Waals surface area (Å²) in [5.41, 5.74) is 1.23. The maximum absolute atomic E-state index is 12.9. The average Bonchev–Trinajstić information content (AvgIpc) is 3.24. The average molecular weight is 370 g/mol. The Morgan fingerprint density at radius 3 is 2.67 bits per heavy atom. The lowest BCUT2D eigenvalue weighted by Crippen LogP contribution is -2.49. The predicted octanol–water partition coefficient (Wildman–Crippen LogP) is 3.02. The first-order chi connectivity index (χ1) is 13.1. The fourth-order valence-corrected chi connectivity index (χ4v) is 4.81. The molecule has 1 atom stereocenters. The molecule has 1 N–H and O–H groups in total. The number of nitrogens with one attached hydrogen (secondary N) is 1. The molecule has 1 saturated heterocycles. The summed E-state index contributed by atoms with van der Waals surface area (Å²) >= 11 is 0. The molecule has 1 unspecified atom stereocenters. The van der Waals surface area contributed by atoms with Crippen LogP contribution in [0.25, 0.3) is 0 Å². The van der Waals surface area contributed by atoms with Crippen LogP contribution in [0.1, 0.15) is 56.9 Å². The first-order valence-corrected chi connectivity index (χ1v) is 10.4. The third-order valence-electron chi connectivity index (χ3n) is 6.61. The second-order valence-corrected chi connectivity index (χ2v) is 8.40. The highest BCUT2D eigenvalue weighted by molar-refractivity contribution is 5.90. The highest BCUT2D eigenvalue weighted by Crippen LogP contribution is 2.41. The molecular weight excluding hydrogens is 340 g/mol. The molecule has 146 valence electrons. The largest absolute Gasteiger partial charge is 0.497 e. The van der Waals surface area contributed by atoms with Crippen LogP contribution in [0.15, 0.2) is 24.3 Å². The molecule has 2 aliphatic carbocycles. The Labute approximate surface area is 161 Å². The fourth-order valence-electron chi connectivity index (χ4n) is 4.81. The van der Waals surface area contributed by atoms with E-state index in [9.17, 15) is 9.59 Å². The lowest BCUT2D eigenvalue weighted by atomic mass is 9.78. The second kappa shape index (κ2) is 7.53. The van der Waals surface area contributed by atoms with Gasteiger partial charge in [-0.3, -0.25) is 9.59 Å². The number of amides is 2. The lowest BCUT2D eigenvalue weighted by molar-refractivity contribution is -0.139. The van der Waals surface area contributed by atoms with E-state index in [-0.39, 0.29) is 29.2 Å². The van der Waals surface area contributed by atoms with Crippen molar-refractivity contribution in [2.75, 3.05) is 20.2 Å². The van der Waals surface area contributed by atoms with Gasteiger partial charge in [0.15, 0.2) is 0 Å². The number of hydrogen-bond donors (Lipinski definition) is 1. The quantitative estimate of drug-likeness (QED) is 0.837. The van der Waals surface area contributed by atoms with Crippen molar-refractivity contribution >= 4 is 11.8 Å². The molecule has 3 fully saturated rings. The SMILES string of the molecule is COc1cccc(C2(CNC(=O)C3CCCN3C(=O)C3CC3)CCCC2)c1. The van der Waals surface area contributed by atoms with Crippen LogP contribution < -0.4 is 10.1 Å². The van der Waals surface area contributed by atoms with Gasteiger partial charge in [-0.15, -0.1) is 0 Å². The van der Waals surface area contributed by atoms with E-state index in [0.29, 0.717) is 6.54 Å². The zero-order chi connectivity index (χ0) is 18.9. The molecule has 5 heteroatoms. The first kappa shape index (κ1) is 18.3. The maximum atomic E-state index is 12.9. The number of hydrogen-bond acceptors (Lipinski definition) is 3. The fraction of sp³-hybridized carbons (Fsp3) is 0.636. The van der Waals surface area contributed by atoms with Crippen LogP contribution in [0.4, 0.5) is 0 Å². The van der Waals surface area contributed by atoms with E-state index in [4.69, 9.17) is 4.74 Å². The molecule has 2 saturated carbocycles. The van der Waals surface area contributed by atoms with Crippen LogP contribution in [0.5, 0.6) is 5.75 Å². The Morgan fingerprint density at radius 1 is 1.19 bits per heavy atom. The summed E-state index contributed by atoms with van der Waals surface area (Å²) in [4.78, 5) is 27.2. The predicted molar refractivity (Wildman–Crippen MR) is 104 cm³/mol. The van der Waals surface area contributed by atoms with Gasteiger partial charge in [-0.25, -0.2) is 0 Å². The zero-order valence-electron chi connectivity index (χ0n) is 16.2. The summed E-state index contributed by atoms with van der Waals surface area (Å²) in [5, 5.41) is 3.21. The summed E-state index contributed by atoms with van der Waals surface area (Å²) in [6, 6.07) is 7.98. The highest BCUT2D eigenvalue weighted by atomic mass is 16.5. The Hall–Kier alpha value is -2.04. The van der Waals surface area contributed by atoms with Crippen LogP contribution in [0.3, 0.4) is 0 Å². The molecule has 3 aliphatic rings. The molecule has 2 amide bonds. The minimum atomic E-state index is -0.276. The summed E-state index contributed by atoms with van der Waals surface area (Å²) in [7, 11) is 1.69. The van der Waals surface area contributed by atoms with Crippen molar-refractivity contribution in [1.29, 1.82) is 0 Å². The van der Waals surface area contributed by atoms with Crippen LogP contribution in [-0.2, 0) is 15.0 Å². The van der Waals surface area contributed by atoms with E-state index in [1.807, 2.05) is 17.0 Å². The van der Waals surface area contributed by atoms with Gasteiger partial charge in [0.2, 0.25) is 11.8 Å². The van der Waals surface area contributed by atoms with Gasteiger partial charge in [0.05, 0.1) is 7.11 Å². The lowest BCUT2D eigenvalue weighted by Gasteiger charge is -2.32. The van der Waals surface area contributed by atoms with Crippen molar-refractivity contribution in [3.63, 3.8) is 0 Å². The Balaban J connectivity index is 1.45. The van der Waals surface area contributed by atoms with Gasteiger partial charge >= 0.3 is 0 Å². The molecule has 1 heterocycles. The number of nitrogens with zero attached hydrogens (tertiary/aromatic N) is 1. The van der Waals surface area contributed by atoms with Gasteiger partial charge in [-0.1, -0.05) is 25.0 Å². The maximum Gasteiger partial charge on any atom is 0.242 e. The minimum Gasteiger partial charge on any atom is -0.497 e. The van der Waals surface area contributed by atoms with Crippen LogP contribution >= 0.6 is 0 Å². The molecule has 1 aromatic rings. The van der Waals surface area contributed by atoms with E-state index in [0.717, 1.165) is 50.8 Å². The molecule has 0 aromatic heterocycles. The number of likely N-dealkylation sites (tertiary alicyclic amines) is 1. The Bertz CT molecular complexity index is 707. The molecule has 4 rings (SSSR count). The molecule has 0 spiro atoms. The van der Waals surface area contributed by atoms with Gasteiger partial charge in [0.1, 0.15) is 11.8 Å². The van der Waals surface area contributed by atoms with Gasteiger partial charge in [-0.2, -0.15) is 0 Å². The van der Waals surface area contributed by atoms with Gasteiger partial charge in [-0.05, 0) is 56.2 Å². The molecule has 0 bridgehead atoms. The van der Waals surface area contributed by atoms with Crippen molar-refractivity contribution < 1.29 is 14.3 Å². The van der Waals surface area contributed by atoms with Gasteiger partial charge in [0.25, 0.3) is 0 Å². The van der Waals surface area contributed by atoms with Crippen LogP contribution in [0, 0.1) is 5.92 Å². The number of benzene rings is 1. The van der Waals surface area contributed by atoms with Crippen molar-refractivity contribution in [3.8, 4) is 5.75 Å². The van der Waals surface area contributed by atoms with E-state index in [2.05, 4.69) is 17.4 Å². The third-order valence-corrected chi connectivity index (χ3v) is 6.61. The van der Waals surface area contributed by atoms with Gasteiger partial charge in [0, 0.05) is 24.4 Å². The van der Waals surface area contributed by atoms with Gasteiger partial charge < -0.3 is 15.0 Å². The number of carbonyl (C=O) groups excluding carboxylic acids is 2. The second-order valence-electron chi connectivity index (χ2n) is 8.40. The number of ether oxygens (including phenoxy) is 1. The Morgan fingerprint density at radius 2 is 1.96 bits per heavy atom. The molecule has 5 nitrogen and oxygen atoms in total. The zero-order valence-corrected chi connectivity index (χ0v) is 16.2. The first-order valence-electron chi connectivity index (χ1n) is 10.4. The van der Waals surface area contributed by atoms with E-state index < -0.39 is 0 Å². The molecule has 1 aliphatic heterocycles. The third kappa shape index (κ3) is 3.69. The summed E-state index contributed by atoms with van der Waals surface area (Å²) in [6.45, 7) is 1.37. The monoisotopic (exact) mass is 370 g/mol. The van der Waals surface area contributed by atoms with Crippen molar-refractivity contribution in [2.24, 2.45) is 5.92 Å². The smallest absolute Gasteiger partial charge is 0.242 e. The topological polar surface area (TPSA) is 58.6 Å². The number of carbonyl (C=O) groups is 2. The molecular formula is C22H30N2O3. The standard InChI is InChI=1S/C22H30N2O3/c1-27-18-7-4-6-17(14-18)22(11-2-3-12-22)15-23-20(25)19-8-5-13-24(19)21(26)16-9-10-16/h4,6-7,14,16,19H,2-3,5,8-13,15H2,1H3,(H,23,25). The Kier molecular flexibility index (Phi) is 5.11. The van der Waals surface area contributed by atoms with Crippen LogP contribution in [-0.4, -0.2) is 43.0 Å². The van der Waals surface area contributed by atoms with Crippen LogP contribution in [0.2, 0.25) is 0 Å². The van der Waals surface area contributed by atoms with E-state index in [1.54, 1.807) is 7.11 Å². The van der Waals surface area contributed by atoms with E-state index in [1.165, 1.54) is 18.4 Å². The molecule has 27 heavy (non-hydrogen) atoms.